The predicted molar refractivity (Wildman–Crippen MR) is 57.8 cm³/mol. The lowest BCUT2D eigenvalue weighted by molar-refractivity contribution is 0.272. The molecular formula is C4H10Cl3NO3P2. The molecule has 0 aromatic rings. The molecule has 0 saturated heterocycles. The van der Waals surface area contributed by atoms with Crippen LogP contribution in [0.5, 0.6) is 0 Å². The van der Waals surface area contributed by atoms with E-state index in [2.05, 4.69) is 4.52 Å². The van der Waals surface area contributed by atoms with Gasteiger partial charge in [0.25, 0.3) is 0 Å². The van der Waals surface area contributed by atoms with Crippen molar-refractivity contribution in [1.82, 2.24) is 0 Å². The van der Waals surface area contributed by atoms with E-state index in [-0.39, 0.29) is 13.2 Å². The minimum absolute atomic E-state index is 0.286. The summed E-state index contributed by atoms with van der Waals surface area (Å²) < 4.78 is 24.4. The first-order valence-corrected chi connectivity index (χ1v) is 9.40. The summed E-state index contributed by atoms with van der Waals surface area (Å²) in [5, 5.41) is 0. The molecule has 13 heavy (non-hydrogen) atoms. The van der Waals surface area contributed by atoms with Gasteiger partial charge in [0, 0.05) is 0 Å². The molecule has 0 aliphatic rings. The number of rotatable bonds is 5. The second-order valence-corrected chi connectivity index (χ2v) is 9.37. The van der Waals surface area contributed by atoms with E-state index in [9.17, 15) is 4.57 Å². The molecule has 0 bridgehead atoms. The molecule has 0 saturated carbocycles. The van der Waals surface area contributed by atoms with Crippen LogP contribution in [-0.4, -0.2) is 13.2 Å². The van der Waals surface area contributed by atoms with Crippen molar-refractivity contribution in [2.45, 2.75) is 13.8 Å². The number of nitrogens with zero attached hydrogens (tertiary/aromatic N) is 1. The molecule has 80 valence electrons. The average Bonchev–Trinajstić information content (AvgIpc) is 1.82. The monoisotopic (exact) mass is 287 g/mol. The van der Waals surface area contributed by atoms with Crippen molar-refractivity contribution in [2.24, 2.45) is 4.52 Å². The highest BCUT2D eigenvalue weighted by Gasteiger charge is 2.24. The molecule has 0 aromatic carbocycles. The highest BCUT2D eigenvalue weighted by molar-refractivity contribution is 8.10. The summed E-state index contributed by atoms with van der Waals surface area (Å²) in [7, 11) is 0. The van der Waals surface area contributed by atoms with Crippen LogP contribution in [0.25, 0.3) is 0 Å². The fraction of sp³-hybridized carbons (Fsp3) is 1.00. The molecule has 0 aliphatic carbocycles. The maximum absolute atomic E-state index is 10.9. The first kappa shape index (κ1) is 14.2. The lowest BCUT2D eigenvalue weighted by atomic mass is 10.9. The van der Waals surface area contributed by atoms with E-state index in [1.807, 2.05) is 0 Å². The summed E-state index contributed by atoms with van der Waals surface area (Å²) in [4.78, 5) is 0. The molecular weight excluding hydrogens is 278 g/mol. The smallest absolute Gasteiger partial charge is 0.312 e. The first-order valence-electron chi connectivity index (χ1n) is 3.45. The molecule has 0 unspecified atom stereocenters. The fourth-order valence-corrected chi connectivity index (χ4v) is 6.32. The Kier molecular flexibility index (Phi) is 6.54. The van der Waals surface area contributed by atoms with Crippen LogP contribution in [0.1, 0.15) is 13.8 Å². The summed E-state index contributed by atoms with van der Waals surface area (Å²) in [5.41, 5.74) is 0. The lowest BCUT2D eigenvalue weighted by Gasteiger charge is -2.15. The molecule has 0 atom stereocenters. The Morgan fingerprint density at radius 3 is 1.77 bits per heavy atom. The van der Waals surface area contributed by atoms with E-state index in [0.717, 1.165) is 0 Å². The molecule has 0 heterocycles. The standard InChI is InChI=1S/C4H10Cl3NO3P2/c1-3-10-13(7,11-4-2)8-12(5,6)9/h3-4H2,1-2H3. The van der Waals surface area contributed by atoms with Crippen LogP contribution in [0.2, 0.25) is 0 Å². The van der Waals surface area contributed by atoms with Crippen molar-refractivity contribution in [3.05, 3.63) is 0 Å². The van der Waals surface area contributed by atoms with Gasteiger partial charge in [-0.3, -0.25) is 4.57 Å². The molecule has 0 N–H and O–H groups in total. The quantitative estimate of drug-likeness (QED) is 0.681. The maximum atomic E-state index is 10.9. The predicted octanol–water partition coefficient (Wildman–Crippen LogP) is 4.83. The second-order valence-electron chi connectivity index (χ2n) is 1.81. The van der Waals surface area contributed by atoms with Gasteiger partial charge in [-0.25, -0.2) is 0 Å². The summed E-state index contributed by atoms with van der Waals surface area (Å²) in [6.07, 6.45) is 0. The normalized spacial score (nSPS) is 13.0. The van der Waals surface area contributed by atoms with Gasteiger partial charge in [0.05, 0.1) is 13.2 Å². The third-order valence-electron chi connectivity index (χ3n) is 0.788. The Balaban J connectivity index is 4.77. The summed E-state index contributed by atoms with van der Waals surface area (Å²) in [6.45, 7) is 0.967. The van der Waals surface area contributed by atoms with Crippen LogP contribution in [0.15, 0.2) is 4.52 Å². The topological polar surface area (TPSA) is 47.9 Å². The first-order chi connectivity index (χ1) is 5.83. The van der Waals surface area contributed by atoms with Crippen molar-refractivity contribution in [2.75, 3.05) is 13.2 Å². The van der Waals surface area contributed by atoms with Crippen LogP contribution in [-0.2, 0) is 13.6 Å². The molecule has 0 aliphatic heterocycles. The zero-order valence-corrected chi connectivity index (χ0v) is 11.2. The van der Waals surface area contributed by atoms with Crippen molar-refractivity contribution in [3.8, 4) is 0 Å². The average molecular weight is 288 g/mol. The number of halogens is 3. The highest BCUT2D eigenvalue weighted by Crippen LogP contribution is 2.70. The zero-order chi connectivity index (χ0) is 10.5. The Labute approximate surface area is 91.9 Å². The van der Waals surface area contributed by atoms with Crippen LogP contribution in [0, 0.1) is 0 Å². The van der Waals surface area contributed by atoms with Gasteiger partial charge < -0.3 is 9.05 Å². The number of hydrogen-bond acceptors (Lipinski definition) is 3. The highest BCUT2D eigenvalue weighted by atomic mass is 35.9. The third kappa shape index (κ3) is 7.21. The zero-order valence-electron chi connectivity index (χ0n) is 7.11. The van der Waals surface area contributed by atoms with Crippen LogP contribution in [0.4, 0.5) is 0 Å². The van der Waals surface area contributed by atoms with Crippen molar-refractivity contribution >= 4 is 46.6 Å². The summed E-state index contributed by atoms with van der Waals surface area (Å²) in [5.74, 6) is -3.61. The molecule has 0 aromatic heterocycles. The van der Waals surface area contributed by atoms with Crippen LogP contribution >= 0.6 is 46.6 Å². The van der Waals surface area contributed by atoms with Gasteiger partial charge in [0.1, 0.15) is 0 Å². The van der Waals surface area contributed by atoms with E-state index < -0.39 is 12.9 Å². The van der Waals surface area contributed by atoms with Crippen molar-refractivity contribution < 1.29 is 13.6 Å². The molecule has 4 nitrogen and oxygen atoms in total. The lowest BCUT2D eigenvalue weighted by Crippen LogP contribution is -1.89. The summed E-state index contributed by atoms with van der Waals surface area (Å²) in [6, 6.07) is 0. The van der Waals surface area contributed by atoms with Gasteiger partial charge in [0.2, 0.25) is 0 Å². The molecule has 0 amide bonds. The van der Waals surface area contributed by atoms with E-state index >= 15 is 0 Å². The Hall–Kier alpha value is 1.25. The molecule has 9 heteroatoms. The third-order valence-corrected chi connectivity index (χ3v) is 6.04. The molecule has 0 rings (SSSR count). The van der Waals surface area contributed by atoms with Gasteiger partial charge in [-0.1, -0.05) is 0 Å². The van der Waals surface area contributed by atoms with Gasteiger partial charge in [-0.15, -0.1) is 0 Å². The van der Waals surface area contributed by atoms with Crippen LogP contribution < -0.4 is 0 Å². The van der Waals surface area contributed by atoms with Gasteiger partial charge >= 0.3 is 12.9 Å². The van der Waals surface area contributed by atoms with E-state index in [1.54, 1.807) is 13.8 Å². The minimum Gasteiger partial charge on any atom is -0.312 e. The number of hydrogen-bond donors (Lipinski definition) is 0. The Bertz CT molecular complexity index is 243. The molecule has 0 fully saturated rings. The molecule has 0 spiro atoms. The maximum Gasteiger partial charge on any atom is 0.367 e. The van der Waals surface area contributed by atoms with Crippen molar-refractivity contribution in [1.29, 1.82) is 0 Å². The molecule has 0 radical (unpaired) electrons. The minimum atomic E-state index is -3.61. The SMILES string of the molecule is CCOP(Cl)(=NP(=O)(Cl)Cl)OCC. The van der Waals surface area contributed by atoms with Gasteiger partial charge in [0.15, 0.2) is 0 Å². The van der Waals surface area contributed by atoms with Crippen LogP contribution in [0.3, 0.4) is 0 Å². The van der Waals surface area contributed by atoms with Crippen molar-refractivity contribution in [3.63, 3.8) is 0 Å². The second kappa shape index (κ2) is 5.97. The van der Waals surface area contributed by atoms with E-state index in [4.69, 9.17) is 42.8 Å². The van der Waals surface area contributed by atoms with E-state index in [0.29, 0.717) is 0 Å². The van der Waals surface area contributed by atoms with Gasteiger partial charge in [-0.2, -0.15) is 4.52 Å². The van der Waals surface area contributed by atoms with E-state index in [1.165, 1.54) is 0 Å². The fourth-order valence-electron chi connectivity index (χ4n) is 0.532. The van der Waals surface area contributed by atoms with Gasteiger partial charge in [-0.05, 0) is 47.6 Å². The largest absolute Gasteiger partial charge is 0.367 e. The summed E-state index contributed by atoms with van der Waals surface area (Å²) >= 11 is 16.2. The Morgan fingerprint density at radius 2 is 1.54 bits per heavy atom. The Morgan fingerprint density at radius 1 is 1.15 bits per heavy atom.